The number of nitrogens with zero attached hydrogens (tertiary/aromatic N) is 2. The van der Waals surface area contributed by atoms with E-state index >= 15 is 0 Å². The molecule has 8 nitrogen and oxygen atoms in total. The third-order valence-electron chi connectivity index (χ3n) is 2.93. The van der Waals surface area contributed by atoms with Gasteiger partial charge in [0.1, 0.15) is 11.9 Å². The van der Waals surface area contributed by atoms with Crippen LogP contribution >= 0.6 is 0 Å². The molecule has 2 rings (SSSR count). The van der Waals surface area contributed by atoms with E-state index in [1.807, 2.05) is 6.92 Å². The van der Waals surface area contributed by atoms with Gasteiger partial charge in [0.15, 0.2) is 0 Å². The maximum Gasteiger partial charge on any atom is 0.237 e. The van der Waals surface area contributed by atoms with Crippen molar-refractivity contribution in [3.05, 3.63) is 17.7 Å². The number of sulfonamides is 1. The zero-order valence-corrected chi connectivity index (χ0v) is 12.2. The molecular formula is C11H18N4O4S. The summed E-state index contributed by atoms with van der Waals surface area (Å²) in [5.41, 5.74) is 0.922. The summed E-state index contributed by atoms with van der Waals surface area (Å²) < 4.78 is 29.7. The fraction of sp³-hybridized carbons (Fsp3) is 0.636. The van der Waals surface area contributed by atoms with Crippen molar-refractivity contribution in [2.45, 2.75) is 13.0 Å². The van der Waals surface area contributed by atoms with E-state index in [0.717, 1.165) is 11.9 Å². The number of ether oxygens (including phenoxy) is 1. The van der Waals surface area contributed by atoms with Crippen LogP contribution in [-0.4, -0.2) is 61.7 Å². The highest BCUT2D eigenvalue weighted by Gasteiger charge is 2.27. The number of aromatic amines is 1. The van der Waals surface area contributed by atoms with Gasteiger partial charge in [-0.05, 0) is 6.92 Å². The lowest BCUT2D eigenvalue weighted by Gasteiger charge is -2.32. The lowest BCUT2D eigenvalue weighted by atomic mass is 10.2. The van der Waals surface area contributed by atoms with Crippen LogP contribution < -0.4 is 4.72 Å². The molecule has 1 saturated heterocycles. The Morgan fingerprint density at radius 3 is 3.00 bits per heavy atom. The van der Waals surface area contributed by atoms with Gasteiger partial charge in [-0.3, -0.25) is 4.79 Å². The second-order valence-electron chi connectivity index (χ2n) is 4.74. The number of imidazole rings is 1. The lowest BCUT2D eigenvalue weighted by Crippen LogP contribution is -2.46. The number of nitrogens with one attached hydrogen (secondary N) is 2. The third-order valence-corrected chi connectivity index (χ3v) is 3.60. The van der Waals surface area contributed by atoms with Gasteiger partial charge in [-0.1, -0.05) is 0 Å². The average molecular weight is 302 g/mol. The molecule has 0 radical (unpaired) electrons. The highest BCUT2D eigenvalue weighted by molar-refractivity contribution is 7.88. The predicted octanol–water partition coefficient (Wildman–Crippen LogP) is -0.833. The number of carbonyl (C=O) groups excluding carboxylic acids is 1. The summed E-state index contributed by atoms with van der Waals surface area (Å²) in [6.07, 6.45) is 2.42. The zero-order chi connectivity index (χ0) is 14.8. The Bertz CT molecular complexity index is 583. The van der Waals surface area contributed by atoms with Gasteiger partial charge in [-0.2, -0.15) is 0 Å². The summed E-state index contributed by atoms with van der Waals surface area (Å²) >= 11 is 0. The SMILES string of the molecule is Cc1cnc(C2CN(C(=O)CNS(C)(=O)=O)CCO2)[nH]1. The first-order valence-electron chi connectivity index (χ1n) is 6.20. The highest BCUT2D eigenvalue weighted by atomic mass is 32.2. The van der Waals surface area contributed by atoms with Gasteiger partial charge in [0.25, 0.3) is 0 Å². The topological polar surface area (TPSA) is 104 Å². The van der Waals surface area contributed by atoms with Crippen molar-refractivity contribution in [3.8, 4) is 0 Å². The number of rotatable bonds is 4. The second kappa shape index (κ2) is 5.90. The zero-order valence-electron chi connectivity index (χ0n) is 11.4. The van der Waals surface area contributed by atoms with Crippen molar-refractivity contribution >= 4 is 15.9 Å². The van der Waals surface area contributed by atoms with Crippen LogP contribution in [-0.2, 0) is 19.6 Å². The van der Waals surface area contributed by atoms with E-state index in [1.165, 1.54) is 0 Å². The molecule has 1 amide bonds. The Balaban J connectivity index is 1.94. The Kier molecular flexibility index (Phi) is 4.41. The van der Waals surface area contributed by atoms with Crippen LogP contribution in [0.15, 0.2) is 6.20 Å². The number of aryl methyl sites for hydroxylation is 1. The number of aromatic nitrogens is 2. The maximum absolute atomic E-state index is 11.9. The number of hydrogen-bond donors (Lipinski definition) is 2. The van der Waals surface area contributed by atoms with Gasteiger partial charge in [0.05, 0.1) is 26.0 Å². The summed E-state index contributed by atoms with van der Waals surface area (Å²) in [5.74, 6) is 0.406. The van der Waals surface area contributed by atoms with Crippen LogP contribution in [0.5, 0.6) is 0 Å². The monoisotopic (exact) mass is 302 g/mol. The van der Waals surface area contributed by atoms with Gasteiger partial charge in [-0.15, -0.1) is 0 Å². The van der Waals surface area contributed by atoms with Crippen molar-refractivity contribution in [2.24, 2.45) is 0 Å². The van der Waals surface area contributed by atoms with Crippen molar-refractivity contribution < 1.29 is 17.9 Å². The number of hydrogen-bond acceptors (Lipinski definition) is 5. The van der Waals surface area contributed by atoms with E-state index in [2.05, 4.69) is 14.7 Å². The second-order valence-corrected chi connectivity index (χ2v) is 6.58. The first-order valence-corrected chi connectivity index (χ1v) is 8.10. The Labute approximate surface area is 117 Å². The molecule has 0 bridgehead atoms. The molecule has 2 heterocycles. The Hall–Kier alpha value is -1.45. The van der Waals surface area contributed by atoms with E-state index in [-0.39, 0.29) is 18.6 Å². The smallest absolute Gasteiger partial charge is 0.237 e. The number of H-pyrrole nitrogens is 1. The molecular weight excluding hydrogens is 284 g/mol. The average Bonchev–Trinajstić information content (AvgIpc) is 2.82. The standard InChI is InChI=1S/C11H18N4O4S/c1-8-5-12-11(14-8)9-7-15(3-4-19-9)10(16)6-13-20(2,17)18/h5,9,13H,3-4,6-7H2,1-2H3,(H,12,14). The van der Waals surface area contributed by atoms with Gasteiger partial charge in [0, 0.05) is 18.4 Å². The molecule has 0 aromatic carbocycles. The highest BCUT2D eigenvalue weighted by Crippen LogP contribution is 2.19. The summed E-state index contributed by atoms with van der Waals surface area (Å²) in [6, 6.07) is 0. The van der Waals surface area contributed by atoms with Crippen LogP contribution in [0.1, 0.15) is 17.6 Å². The Morgan fingerprint density at radius 1 is 1.65 bits per heavy atom. The largest absolute Gasteiger partial charge is 0.367 e. The molecule has 0 aliphatic carbocycles. The predicted molar refractivity (Wildman–Crippen MR) is 71.4 cm³/mol. The summed E-state index contributed by atoms with van der Waals surface area (Å²) in [6.45, 7) is 2.85. The maximum atomic E-state index is 11.9. The molecule has 1 aliphatic heterocycles. The molecule has 20 heavy (non-hydrogen) atoms. The molecule has 2 N–H and O–H groups in total. The van der Waals surface area contributed by atoms with E-state index < -0.39 is 10.0 Å². The number of amides is 1. The van der Waals surface area contributed by atoms with Crippen molar-refractivity contribution in [2.75, 3.05) is 32.5 Å². The molecule has 1 atom stereocenters. The van der Waals surface area contributed by atoms with Crippen molar-refractivity contribution in [1.29, 1.82) is 0 Å². The summed E-state index contributed by atoms with van der Waals surface area (Å²) in [7, 11) is -3.37. The minimum atomic E-state index is -3.37. The quantitative estimate of drug-likeness (QED) is 0.755. The van der Waals surface area contributed by atoms with Gasteiger partial charge >= 0.3 is 0 Å². The number of morpholine rings is 1. The Morgan fingerprint density at radius 2 is 2.40 bits per heavy atom. The third kappa shape index (κ3) is 4.02. The molecule has 1 fully saturated rings. The van der Waals surface area contributed by atoms with Crippen LogP contribution in [0, 0.1) is 6.92 Å². The van der Waals surface area contributed by atoms with Crippen LogP contribution in [0.4, 0.5) is 0 Å². The summed E-state index contributed by atoms with van der Waals surface area (Å²) in [4.78, 5) is 20.8. The minimum Gasteiger partial charge on any atom is -0.367 e. The van der Waals surface area contributed by atoms with Crippen LogP contribution in [0.3, 0.4) is 0 Å². The molecule has 0 spiro atoms. The fourth-order valence-corrected chi connectivity index (χ4v) is 2.33. The van der Waals surface area contributed by atoms with E-state index in [4.69, 9.17) is 4.74 Å². The normalized spacial score (nSPS) is 20.1. The molecule has 1 aliphatic rings. The van der Waals surface area contributed by atoms with Crippen LogP contribution in [0.25, 0.3) is 0 Å². The van der Waals surface area contributed by atoms with Crippen molar-refractivity contribution in [3.63, 3.8) is 0 Å². The lowest BCUT2D eigenvalue weighted by molar-refractivity contribution is -0.138. The van der Waals surface area contributed by atoms with Gasteiger partial charge in [-0.25, -0.2) is 18.1 Å². The molecule has 1 aromatic rings. The molecule has 1 unspecified atom stereocenters. The molecule has 0 saturated carbocycles. The van der Waals surface area contributed by atoms with E-state index in [0.29, 0.717) is 25.5 Å². The molecule has 1 aromatic heterocycles. The first kappa shape index (κ1) is 14.9. The minimum absolute atomic E-state index is 0.233. The van der Waals surface area contributed by atoms with E-state index in [1.54, 1.807) is 11.1 Å². The van der Waals surface area contributed by atoms with Gasteiger partial charge < -0.3 is 14.6 Å². The van der Waals surface area contributed by atoms with Crippen LogP contribution in [0.2, 0.25) is 0 Å². The number of carbonyl (C=O) groups is 1. The fourth-order valence-electron chi connectivity index (χ4n) is 1.94. The summed E-state index contributed by atoms with van der Waals surface area (Å²) in [5, 5.41) is 0. The first-order chi connectivity index (χ1) is 9.35. The van der Waals surface area contributed by atoms with E-state index in [9.17, 15) is 13.2 Å². The molecule has 112 valence electrons. The van der Waals surface area contributed by atoms with Crippen molar-refractivity contribution in [1.82, 2.24) is 19.6 Å². The molecule has 9 heteroatoms. The van der Waals surface area contributed by atoms with Gasteiger partial charge in [0.2, 0.25) is 15.9 Å².